The van der Waals surface area contributed by atoms with Crippen LogP contribution < -0.4 is 16.0 Å². The molecule has 3 aromatic rings. The van der Waals surface area contributed by atoms with E-state index in [0.717, 1.165) is 16.7 Å². The number of nitriles is 1. The van der Waals surface area contributed by atoms with Gasteiger partial charge in [-0.3, -0.25) is 15.1 Å². The Morgan fingerprint density at radius 1 is 1.00 bits per heavy atom. The maximum absolute atomic E-state index is 13.1. The molecular weight excluding hydrogens is 440 g/mol. The molecule has 0 radical (unpaired) electrons. The lowest BCUT2D eigenvalue weighted by atomic mass is 9.93. The summed E-state index contributed by atoms with van der Waals surface area (Å²) in [4.78, 5) is 26.7. The predicted molar refractivity (Wildman–Crippen MR) is 133 cm³/mol. The third-order valence-corrected chi connectivity index (χ3v) is 5.87. The minimum absolute atomic E-state index is 0.0960. The van der Waals surface area contributed by atoms with Crippen molar-refractivity contribution in [2.24, 2.45) is 0 Å². The Hall–Kier alpha value is -4.64. The van der Waals surface area contributed by atoms with Crippen molar-refractivity contribution in [1.82, 2.24) is 15.5 Å². The smallest absolute Gasteiger partial charge is 0.319 e. The van der Waals surface area contributed by atoms with E-state index in [9.17, 15) is 9.59 Å². The molecule has 1 atom stereocenters. The number of nitrogens with zero attached hydrogens (tertiary/aromatic N) is 2. The number of urea groups is 1. The zero-order valence-electron chi connectivity index (χ0n) is 19.3. The molecule has 4 rings (SSSR count). The molecular formula is C27H26N6O2. The van der Waals surface area contributed by atoms with E-state index in [1.165, 1.54) is 4.90 Å². The summed E-state index contributed by atoms with van der Waals surface area (Å²) in [5, 5.41) is 25.7. The van der Waals surface area contributed by atoms with Crippen LogP contribution in [0.4, 0.5) is 10.5 Å². The first-order valence-electron chi connectivity index (χ1n) is 11.2. The van der Waals surface area contributed by atoms with Crippen LogP contribution in [0.1, 0.15) is 29.2 Å². The minimum atomic E-state index is -0.857. The van der Waals surface area contributed by atoms with Crippen molar-refractivity contribution >= 4 is 23.6 Å². The summed E-state index contributed by atoms with van der Waals surface area (Å²) in [7, 11) is 0. The van der Waals surface area contributed by atoms with E-state index in [1.807, 2.05) is 67.6 Å². The van der Waals surface area contributed by atoms with Crippen molar-refractivity contribution in [2.45, 2.75) is 32.0 Å². The van der Waals surface area contributed by atoms with Gasteiger partial charge in [0, 0.05) is 18.7 Å². The molecule has 1 heterocycles. The lowest BCUT2D eigenvalue weighted by molar-refractivity contribution is -0.130. The SMILES string of the molecule is CC1(Cc2ccccc2)NC(=N)N(Cc2ccc(CNC(=O)Nc3ccc(C#N)cc3)cc2)C1=O. The van der Waals surface area contributed by atoms with Crippen LogP contribution in [0.5, 0.6) is 0 Å². The molecule has 35 heavy (non-hydrogen) atoms. The van der Waals surface area contributed by atoms with E-state index in [4.69, 9.17) is 10.7 Å². The van der Waals surface area contributed by atoms with E-state index < -0.39 is 5.54 Å². The summed E-state index contributed by atoms with van der Waals surface area (Å²) in [5.41, 5.74) is 3.09. The predicted octanol–water partition coefficient (Wildman–Crippen LogP) is 3.75. The van der Waals surface area contributed by atoms with Gasteiger partial charge < -0.3 is 16.0 Å². The lowest BCUT2D eigenvalue weighted by Crippen LogP contribution is -2.45. The molecule has 0 saturated carbocycles. The van der Waals surface area contributed by atoms with Crippen molar-refractivity contribution in [3.63, 3.8) is 0 Å². The second-order valence-electron chi connectivity index (χ2n) is 8.67. The van der Waals surface area contributed by atoms with E-state index in [2.05, 4.69) is 16.0 Å². The summed E-state index contributed by atoms with van der Waals surface area (Å²) in [6.07, 6.45) is 0.501. The van der Waals surface area contributed by atoms with Gasteiger partial charge in [-0.25, -0.2) is 4.79 Å². The highest BCUT2D eigenvalue weighted by atomic mass is 16.2. The second kappa shape index (κ2) is 10.1. The van der Waals surface area contributed by atoms with Crippen molar-refractivity contribution in [3.05, 3.63) is 101 Å². The number of carbonyl (C=O) groups excluding carboxylic acids is 2. The highest BCUT2D eigenvalue weighted by molar-refractivity contribution is 6.07. The Morgan fingerprint density at radius 2 is 1.66 bits per heavy atom. The van der Waals surface area contributed by atoms with Gasteiger partial charge in [0.2, 0.25) is 0 Å². The van der Waals surface area contributed by atoms with Gasteiger partial charge in [-0.1, -0.05) is 54.6 Å². The Kier molecular flexibility index (Phi) is 6.78. The van der Waals surface area contributed by atoms with Crippen molar-refractivity contribution in [3.8, 4) is 6.07 Å². The van der Waals surface area contributed by atoms with Gasteiger partial charge in [-0.2, -0.15) is 5.26 Å². The summed E-state index contributed by atoms with van der Waals surface area (Å²) >= 11 is 0. The Morgan fingerprint density at radius 3 is 2.31 bits per heavy atom. The van der Waals surface area contributed by atoms with Crippen LogP contribution in [0.3, 0.4) is 0 Å². The van der Waals surface area contributed by atoms with Crippen LogP contribution in [0.25, 0.3) is 0 Å². The molecule has 3 aromatic carbocycles. The number of amides is 3. The zero-order chi connectivity index (χ0) is 24.8. The Balaban J connectivity index is 1.30. The van der Waals surface area contributed by atoms with E-state index >= 15 is 0 Å². The van der Waals surface area contributed by atoms with E-state index in [-0.39, 0.29) is 17.9 Å². The second-order valence-corrected chi connectivity index (χ2v) is 8.67. The van der Waals surface area contributed by atoms with Crippen LogP contribution in [0.2, 0.25) is 0 Å². The first-order chi connectivity index (χ1) is 16.9. The molecule has 4 N–H and O–H groups in total. The number of anilines is 1. The number of rotatable bonds is 7. The number of nitrogens with one attached hydrogen (secondary N) is 4. The van der Waals surface area contributed by atoms with Gasteiger partial charge in [0.1, 0.15) is 5.54 Å². The normalized spacial score (nSPS) is 17.0. The van der Waals surface area contributed by atoms with Gasteiger partial charge >= 0.3 is 6.03 Å². The maximum atomic E-state index is 13.1. The first-order valence-corrected chi connectivity index (χ1v) is 11.2. The minimum Gasteiger partial charge on any atom is -0.342 e. The standard InChI is InChI=1S/C27H26N6O2/c1-27(15-19-5-3-2-4-6-19)24(34)33(25(29)32-27)18-22-9-7-21(8-10-22)17-30-26(35)31-23-13-11-20(16-28)12-14-23/h2-14H,15,17-18H2,1H3,(H2,29,32)(H2,30,31,35). The van der Waals surface area contributed by atoms with E-state index in [0.29, 0.717) is 30.8 Å². The van der Waals surface area contributed by atoms with Gasteiger partial charge in [-0.15, -0.1) is 0 Å². The number of benzene rings is 3. The van der Waals surface area contributed by atoms with Crippen LogP contribution >= 0.6 is 0 Å². The molecule has 8 heteroatoms. The first kappa shape index (κ1) is 23.5. The van der Waals surface area contributed by atoms with Crippen LogP contribution in [-0.2, 0) is 24.3 Å². The highest BCUT2D eigenvalue weighted by Gasteiger charge is 2.45. The molecule has 0 aromatic heterocycles. The molecule has 3 amide bonds. The molecule has 1 aliphatic rings. The van der Waals surface area contributed by atoms with Crippen molar-refractivity contribution in [1.29, 1.82) is 10.7 Å². The summed E-state index contributed by atoms with van der Waals surface area (Å²) < 4.78 is 0. The third-order valence-electron chi connectivity index (χ3n) is 5.87. The summed E-state index contributed by atoms with van der Waals surface area (Å²) in [6, 6.07) is 25.6. The number of guanidine groups is 1. The fourth-order valence-electron chi connectivity index (χ4n) is 3.99. The average Bonchev–Trinajstić information content (AvgIpc) is 3.07. The monoisotopic (exact) mass is 466 g/mol. The largest absolute Gasteiger partial charge is 0.342 e. The summed E-state index contributed by atoms with van der Waals surface area (Å²) in [6.45, 7) is 2.45. The topological polar surface area (TPSA) is 121 Å². The maximum Gasteiger partial charge on any atom is 0.319 e. The molecule has 0 spiro atoms. The van der Waals surface area contributed by atoms with Gasteiger partial charge in [0.05, 0.1) is 18.2 Å². The number of carbonyl (C=O) groups is 2. The average molecular weight is 467 g/mol. The third kappa shape index (κ3) is 5.65. The van der Waals surface area contributed by atoms with Gasteiger partial charge in [0.15, 0.2) is 5.96 Å². The lowest BCUT2D eigenvalue weighted by Gasteiger charge is -2.22. The molecule has 1 saturated heterocycles. The molecule has 1 unspecified atom stereocenters. The summed E-state index contributed by atoms with van der Waals surface area (Å²) in [5.74, 6) is -0.0322. The molecule has 8 nitrogen and oxygen atoms in total. The molecule has 1 fully saturated rings. The van der Waals surface area contributed by atoms with Gasteiger partial charge in [0.25, 0.3) is 5.91 Å². The Bertz CT molecular complexity index is 1270. The van der Waals surface area contributed by atoms with E-state index in [1.54, 1.807) is 24.3 Å². The molecule has 176 valence electrons. The quantitative estimate of drug-likeness (QED) is 0.424. The fourth-order valence-corrected chi connectivity index (χ4v) is 3.99. The van der Waals surface area contributed by atoms with Crippen molar-refractivity contribution < 1.29 is 9.59 Å². The number of hydrogen-bond donors (Lipinski definition) is 4. The Labute approximate surface area is 204 Å². The van der Waals surface area contributed by atoms with Crippen LogP contribution in [-0.4, -0.2) is 28.3 Å². The molecule has 0 bridgehead atoms. The molecule has 0 aliphatic carbocycles. The fraction of sp³-hybridized carbons (Fsp3) is 0.185. The van der Waals surface area contributed by atoms with Crippen LogP contribution in [0.15, 0.2) is 78.9 Å². The van der Waals surface area contributed by atoms with Crippen molar-refractivity contribution in [2.75, 3.05) is 5.32 Å². The highest BCUT2D eigenvalue weighted by Crippen LogP contribution is 2.24. The zero-order valence-corrected chi connectivity index (χ0v) is 19.3. The number of hydrogen-bond acceptors (Lipinski definition) is 4. The molecule has 1 aliphatic heterocycles. The van der Waals surface area contributed by atoms with Gasteiger partial charge in [-0.05, 0) is 47.9 Å². The van der Waals surface area contributed by atoms with Crippen LogP contribution in [0, 0.1) is 16.7 Å².